The van der Waals surface area contributed by atoms with Gasteiger partial charge in [-0.1, -0.05) is 35.6 Å². The molecule has 39 heavy (non-hydrogen) atoms. The van der Waals surface area contributed by atoms with Crippen LogP contribution in [0, 0.1) is 0 Å². The van der Waals surface area contributed by atoms with Crippen molar-refractivity contribution in [2.24, 2.45) is 17.3 Å². The Kier molecular flexibility index (Phi) is 7.52. The zero-order chi connectivity index (χ0) is 27.8. The molecule has 0 unspecified atom stereocenters. The van der Waals surface area contributed by atoms with Gasteiger partial charge in [-0.15, -0.1) is 10.2 Å². The molecule has 1 heterocycles. The van der Waals surface area contributed by atoms with Gasteiger partial charge in [0.25, 0.3) is 0 Å². The van der Waals surface area contributed by atoms with Gasteiger partial charge in [0, 0.05) is 31.3 Å². The quantitative estimate of drug-likeness (QED) is 0.189. The number of hydrogen-bond donors (Lipinski definition) is 4. The Morgan fingerprint density at radius 1 is 0.769 bits per heavy atom. The fourth-order valence-electron chi connectivity index (χ4n) is 4.29. The lowest BCUT2D eigenvalue weighted by Crippen LogP contribution is -2.26. The lowest BCUT2D eigenvalue weighted by atomic mass is 10.1. The molecular weight excluding hydrogens is 563 g/mol. The second-order valence-electron chi connectivity index (χ2n) is 8.62. The molecule has 1 aliphatic carbocycles. The molecule has 0 fully saturated rings. The van der Waals surface area contributed by atoms with Gasteiger partial charge < -0.3 is 14.8 Å². The number of benzene rings is 3. The summed E-state index contributed by atoms with van der Waals surface area (Å²) in [7, 11) is -5.97. The van der Waals surface area contributed by atoms with Crippen LogP contribution in [-0.4, -0.2) is 63.6 Å². The summed E-state index contributed by atoms with van der Waals surface area (Å²) >= 11 is 1.43. The predicted octanol–water partition coefficient (Wildman–Crippen LogP) is 1.11. The molecular formula is C25H25N5O6S3. The number of nitrogens with zero attached hydrogens (tertiary/aromatic N) is 3. The van der Waals surface area contributed by atoms with Crippen molar-refractivity contribution >= 4 is 47.3 Å². The highest BCUT2D eigenvalue weighted by Gasteiger charge is 2.29. The third-order valence-corrected chi connectivity index (χ3v) is 10.2. The van der Waals surface area contributed by atoms with Crippen LogP contribution in [0.3, 0.4) is 0 Å². The molecule has 5 rings (SSSR count). The first kappa shape index (κ1) is 27.3. The summed E-state index contributed by atoms with van der Waals surface area (Å²) < 4.78 is 58.7. The van der Waals surface area contributed by atoms with Crippen molar-refractivity contribution in [3.05, 3.63) is 76.6 Å². The van der Waals surface area contributed by atoms with E-state index in [0.717, 1.165) is 10.2 Å². The van der Waals surface area contributed by atoms with Crippen LogP contribution < -0.4 is 14.2 Å². The summed E-state index contributed by atoms with van der Waals surface area (Å²) in [5.41, 5.74) is 3.59. The summed E-state index contributed by atoms with van der Waals surface area (Å²) in [5.74, 6) is 0. The van der Waals surface area contributed by atoms with Crippen LogP contribution in [0.1, 0.15) is 11.1 Å². The van der Waals surface area contributed by atoms with E-state index >= 15 is 0 Å². The van der Waals surface area contributed by atoms with E-state index in [1.807, 2.05) is 35.9 Å². The lowest BCUT2D eigenvalue weighted by Gasteiger charge is -2.08. The number of rotatable bonds is 9. The SMILES string of the molecule is Cn1/c(=N/N=C2c3cc(S(=O)(=O)NCCO)ccc3-c3ccc(S(=O)(=O)NCCO)cc32)sc2ccccc21. The first-order valence-electron chi connectivity index (χ1n) is 11.8. The smallest absolute Gasteiger partial charge is 0.240 e. The van der Waals surface area contributed by atoms with Crippen LogP contribution in [0.15, 0.2) is 80.7 Å². The van der Waals surface area contributed by atoms with Crippen LogP contribution >= 0.6 is 11.3 Å². The van der Waals surface area contributed by atoms with Gasteiger partial charge in [-0.25, -0.2) is 26.3 Å². The summed E-state index contributed by atoms with van der Waals surface area (Å²) in [5, 5.41) is 27.1. The van der Waals surface area contributed by atoms with E-state index in [-0.39, 0.29) is 36.1 Å². The molecule has 0 radical (unpaired) electrons. The first-order valence-corrected chi connectivity index (χ1v) is 15.6. The second kappa shape index (κ2) is 10.7. The number of hydrogen-bond acceptors (Lipinski definition) is 9. The molecule has 11 nitrogen and oxygen atoms in total. The molecule has 1 aliphatic rings. The summed E-state index contributed by atoms with van der Waals surface area (Å²) in [6.45, 7) is -0.981. The number of aliphatic hydroxyl groups excluding tert-OH is 2. The van der Waals surface area contributed by atoms with Gasteiger partial charge in [0.2, 0.25) is 24.8 Å². The number of aromatic nitrogens is 1. The van der Waals surface area contributed by atoms with Crippen LogP contribution in [-0.2, 0) is 27.1 Å². The predicted molar refractivity (Wildman–Crippen MR) is 148 cm³/mol. The normalized spacial score (nSPS) is 13.6. The molecule has 204 valence electrons. The average Bonchev–Trinajstić information content (AvgIpc) is 3.42. The van der Waals surface area contributed by atoms with Crippen molar-refractivity contribution in [2.75, 3.05) is 26.3 Å². The van der Waals surface area contributed by atoms with Crippen molar-refractivity contribution < 1.29 is 27.0 Å². The van der Waals surface area contributed by atoms with Crippen LogP contribution in [0.4, 0.5) is 0 Å². The van der Waals surface area contributed by atoms with Crippen LogP contribution in [0.25, 0.3) is 21.3 Å². The standard InChI is InChI=1S/C25H25N5O6S3/c1-30-22-4-2-3-5-23(22)37-25(30)29-28-24-20-14-16(38(33,34)26-10-12-31)6-8-18(20)19-9-7-17(15-21(19)24)39(35,36)27-11-13-32/h2-9,14-15,26-27,31-32H,10-13H2,1H3/b29-25-. The number of nitrogens with one attached hydrogen (secondary N) is 2. The molecule has 1 aromatic heterocycles. The minimum atomic E-state index is -3.91. The molecule has 0 bridgehead atoms. The van der Waals surface area contributed by atoms with Crippen molar-refractivity contribution in [3.8, 4) is 11.1 Å². The van der Waals surface area contributed by atoms with E-state index in [4.69, 9.17) is 10.2 Å². The van der Waals surface area contributed by atoms with Crippen molar-refractivity contribution in [2.45, 2.75) is 9.79 Å². The highest BCUT2D eigenvalue weighted by Crippen LogP contribution is 2.39. The molecule has 0 saturated carbocycles. The second-order valence-corrected chi connectivity index (χ2v) is 13.2. The molecule has 4 N–H and O–H groups in total. The monoisotopic (exact) mass is 587 g/mol. The zero-order valence-electron chi connectivity index (χ0n) is 20.7. The van der Waals surface area contributed by atoms with Crippen molar-refractivity contribution in [1.82, 2.24) is 14.0 Å². The summed E-state index contributed by atoms with van der Waals surface area (Å²) in [6.07, 6.45) is 0. The lowest BCUT2D eigenvalue weighted by molar-refractivity contribution is 0.300. The Morgan fingerprint density at radius 2 is 1.31 bits per heavy atom. The highest BCUT2D eigenvalue weighted by atomic mass is 32.2. The van der Waals surface area contributed by atoms with Gasteiger partial charge in [0.15, 0.2) is 0 Å². The van der Waals surface area contributed by atoms with Gasteiger partial charge >= 0.3 is 0 Å². The molecule has 4 aromatic rings. The minimum Gasteiger partial charge on any atom is -0.395 e. The van der Waals surface area contributed by atoms with Gasteiger partial charge in [-0.3, -0.25) is 0 Å². The fraction of sp³-hybridized carbons (Fsp3) is 0.200. The number of aryl methyl sites for hydroxylation is 1. The third kappa shape index (κ3) is 5.19. The highest BCUT2D eigenvalue weighted by molar-refractivity contribution is 7.89. The maximum Gasteiger partial charge on any atom is 0.240 e. The third-order valence-electron chi connectivity index (χ3n) is 6.16. The van der Waals surface area contributed by atoms with E-state index in [1.54, 1.807) is 12.1 Å². The summed E-state index contributed by atoms with van der Waals surface area (Å²) in [4.78, 5) is 0.542. The Hall–Kier alpha value is -3.24. The maximum atomic E-state index is 12.8. The zero-order valence-corrected chi connectivity index (χ0v) is 23.1. The number of fused-ring (bicyclic) bond motifs is 4. The first-order chi connectivity index (χ1) is 18.7. The topological polar surface area (TPSA) is 162 Å². The van der Waals surface area contributed by atoms with Gasteiger partial charge in [-0.2, -0.15) is 0 Å². The number of thiazole rings is 1. The summed E-state index contributed by atoms with van der Waals surface area (Å²) in [6, 6.07) is 16.9. The maximum absolute atomic E-state index is 12.8. The molecule has 3 aromatic carbocycles. The number of sulfonamides is 2. The molecule has 0 amide bonds. The van der Waals surface area contributed by atoms with E-state index in [1.165, 1.54) is 35.6 Å². The minimum absolute atomic E-state index is 0.0277. The van der Waals surface area contributed by atoms with E-state index < -0.39 is 20.0 Å². The Balaban J connectivity index is 1.70. The number of aliphatic hydroxyl groups is 2. The van der Waals surface area contributed by atoms with E-state index in [9.17, 15) is 16.8 Å². The average molecular weight is 588 g/mol. The van der Waals surface area contributed by atoms with Gasteiger partial charge in [0.1, 0.15) is 5.71 Å². The van der Waals surface area contributed by atoms with Crippen LogP contribution in [0.2, 0.25) is 0 Å². The van der Waals surface area contributed by atoms with E-state index in [2.05, 4.69) is 19.6 Å². The van der Waals surface area contributed by atoms with Gasteiger partial charge in [0.05, 0.1) is 33.2 Å². The molecule has 14 heteroatoms. The molecule has 0 spiro atoms. The van der Waals surface area contributed by atoms with Gasteiger partial charge in [-0.05, 0) is 47.5 Å². The largest absolute Gasteiger partial charge is 0.395 e. The van der Waals surface area contributed by atoms with E-state index in [0.29, 0.717) is 32.8 Å². The molecule has 0 saturated heterocycles. The van der Waals surface area contributed by atoms with Crippen molar-refractivity contribution in [3.63, 3.8) is 0 Å². The molecule has 0 atom stereocenters. The Morgan fingerprint density at radius 3 is 1.82 bits per heavy atom. The Bertz CT molecular complexity index is 1800. The fourth-order valence-corrected chi connectivity index (χ4v) is 7.36. The number of para-hydroxylation sites is 1. The Labute approximate surface area is 228 Å². The van der Waals surface area contributed by atoms with Crippen molar-refractivity contribution in [1.29, 1.82) is 0 Å². The molecule has 0 aliphatic heterocycles. The van der Waals surface area contributed by atoms with Crippen LogP contribution in [0.5, 0.6) is 0 Å².